The number of hydrogen-bond acceptors (Lipinski definition) is 6. The van der Waals surface area contributed by atoms with Gasteiger partial charge in [-0.2, -0.15) is 0 Å². The number of aromatic nitrogens is 3. The fourth-order valence-electron chi connectivity index (χ4n) is 2.88. The third-order valence-electron chi connectivity index (χ3n) is 4.33. The predicted octanol–water partition coefficient (Wildman–Crippen LogP) is 3.99. The van der Waals surface area contributed by atoms with Crippen LogP contribution < -0.4 is 4.74 Å². The average molecular weight is 398 g/mol. The Morgan fingerprint density at radius 1 is 1.29 bits per heavy atom. The molecule has 3 heterocycles. The van der Waals surface area contributed by atoms with Crippen molar-refractivity contribution in [3.05, 3.63) is 47.5 Å². The Morgan fingerprint density at radius 2 is 2.07 bits per heavy atom. The minimum Gasteiger partial charge on any atom is -0.591 e. The summed E-state index contributed by atoms with van der Waals surface area (Å²) in [5.74, 6) is -0.0958. The zero-order valence-electron chi connectivity index (χ0n) is 16.0. The Bertz CT molecular complexity index is 1110. The van der Waals surface area contributed by atoms with E-state index >= 15 is 0 Å². The van der Waals surface area contributed by atoms with Crippen LogP contribution in [-0.2, 0) is 18.0 Å². The van der Waals surface area contributed by atoms with Gasteiger partial charge in [0.15, 0.2) is 0 Å². The largest absolute Gasteiger partial charge is 0.591 e. The summed E-state index contributed by atoms with van der Waals surface area (Å²) in [5, 5.41) is 0. The first-order chi connectivity index (χ1) is 13.2. The maximum Gasteiger partial charge on any atom is 0.241 e. The van der Waals surface area contributed by atoms with Crippen molar-refractivity contribution in [2.75, 3.05) is 0 Å². The van der Waals surface area contributed by atoms with Crippen LogP contribution in [0.5, 0.6) is 5.88 Å². The second kappa shape index (κ2) is 6.79. The topological polar surface area (TPSA) is 83.3 Å². The fourth-order valence-corrected chi connectivity index (χ4v) is 3.50. The SMILES string of the molecule is CC(=N[S+]([O-])C(C)(C)C)c1cc(F)cc2nc3c(nc12)OCc1ncccc1-3. The molecule has 144 valence electrons. The van der Waals surface area contributed by atoms with Gasteiger partial charge in [-0.25, -0.2) is 14.4 Å². The Morgan fingerprint density at radius 3 is 2.82 bits per heavy atom. The molecule has 4 rings (SSSR count). The van der Waals surface area contributed by atoms with Crippen LogP contribution in [-0.4, -0.2) is 30.0 Å². The summed E-state index contributed by atoms with van der Waals surface area (Å²) >= 11 is -1.47. The number of benzene rings is 1. The highest BCUT2D eigenvalue weighted by Crippen LogP contribution is 2.35. The molecule has 1 aliphatic heterocycles. The first-order valence-electron chi connectivity index (χ1n) is 8.80. The fraction of sp³-hybridized carbons (Fsp3) is 0.300. The summed E-state index contributed by atoms with van der Waals surface area (Å²) in [6, 6.07) is 6.37. The molecular formula is C20H19FN4O2S. The van der Waals surface area contributed by atoms with Gasteiger partial charge in [-0.05, 0) is 45.9 Å². The zero-order valence-corrected chi connectivity index (χ0v) is 16.8. The van der Waals surface area contributed by atoms with E-state index in [2.05, 4.69) is 19.3 Å². The van der Waals surface area contributed by atoms with E-state index in [1.165, 1.54) is 12.1 Å². The standard InChI is InChI=1S/C20H19FN4O2S/c1-11(25-28(26)20(2,3)4)14-8-12(21)9-15-17(14)24-19-18(23-15)13-6-5-7-22-16(13)10-27-19/h5-9H,10H2,1-4H3. The molecule has 0 fully saturated rings. The molecule has 28 heavy (non-hydrogen) atoms. The van der Waals surface area contributed by atoms with Gasteiger partial charge >= 0.3 is 0 Å². The molecule has 2 aromatic heterocycles. The summed E-state index contributed by atoms with van der Waals surface area (Å²) in [7, 11) is 0. The number of halogens is 1. The number of pyridine rings is 1. The van der Waals surface area contributed by atoms with Crippen molar-refractivity contribution in [1.29, 1.82) is 0 Å². The van der Waals surface area contributed by atoms with Crippen LogP contribution in [0.1, 0.15) is 39.0 Å². The molecule has 0 spiro atoms. The monoisotopic (exact) mass is 398 g/mol. The van der Waals surface area contributed by atoms with Gasteiger partial charge in [-0.15, -0.1) is 0 Å². The van der Waals surface area contributed by atoms with Crippen LogP contribution in [0, 0.1) is 5.82 Å². The third kappa shape index (κ3) is 3.33. The first-order valence-corrected chi connectivity index (χ1v) is 9.91. The Labute approximate surface area is 165 Å². The molecule has 0 N–H and O–H groups in total. The zero-order chi connectivity index (χ0) is 20.1. The second-order valence-corrected chi connectivity index (χ2v) is 9.43. The Balaban J connectivity index is 1.90. The smallest absolute Gasteiger partial charge is 0.241 e. The number of nitrogens with zero attached hydrogens (tertiary/aromatic N) is 4. The lowest BCUT2D eigenvalue weighted by molar-refractivity contribution is 0.285. The van der Waals surface area contributed by atoms with E-state index < -0.39 is 21.9 Å². The molecule has 8 heteroatoms. The van der Waals surface area contributed by atoms with Gasteiger partial charge in [-0.3, -0.25) is 4.98 Å². The van der Waals surface area contributed by atoms with Gasteiger partial charge in [0.05, 0.1) is 16.9 Å². The summed E-state index contributed by atoms with van der Waals surface area (Å²) < 4.78 is 36.2. The van der Waals surface area contributed by atoms with Gasteiger partial charge in [0.1, 0.15) is 39.7 Å². The van der Waals surface area contributed by atoms with Crippen molar-refractivity contribution in [2.45, 2.75) is 39.0 Å². The van der Waals surface area contributed by atoms with Crippen molar-refractivity contribution in [3.8, 4) is 17.1 Å². The van der Waals surface area contributed by atoms with Gasteiger partial charge in [-0.1, -0.05) is 4.40 Å². The lowest BCUT2D eigenvalue weighted by Gasteiger charge is -2.20. The molecule has 0 saturated carbocycles. The lowest BCUT2D eigenvalue weighted by Crippen LogP contribution is -2.26. The molecule has 1 aromatic carbocycles. The molecule has 0 amide bonds. The van der Waals surface area contributed by atoms with E-state index in [-0.39, 0.29) is 0 Å². The molecule has 0 saturated heterocycles. The van der Waals surface area contributed by atoms with Gasteiger partial charge in [0.25, 0.3) is 0 Å². The van der Waals surface area contributed by atoms with Crippen molar-refractivity contribution < 1.29 is 13.7 Å². The number of rotatable bonds is 2. The quantitative estimate of drug-likeness (QED) is 0.481. The Hall–Kier alpha value is -2.58. The van der Waals surface area contributed by atoms with Crippen LogP contribution in [0.4, 0.5) is 4.39 Å². The Kier molecular flexibility index (Phi) is 4.55. The van der Waals surface area contributed by atoms with Gasteiger partial charge in [0.2, 0.25) is 5.88 Å². The summed E-state index contributed by atoms with van der Waals surface area (Å²) in [6.07, 6.45) is 1.69. The molecular weight excluding hydrogens is 379 g/mol. The van der Waals surface area contributed by atoms with Crippen LogP contribution >= 0.6 is 0 Å². The van der Waals surface area contributed by atoms with E-state index in [9.17, 15) is 8.94 Å². The molecule has 6 nitrogen and oxygen atoms in total. The highest BCUT2D eigenvalue weighted by atomic mass is 32.2. The van der Waals surface area contributed by atoms with Crippen LogP contribution in [0.3, 0.4) is 0 Å². The molecule has 1 atom stereocenters. The number of fused-ring (bicyclic) bond motifs is 4. The van der Waals surface area contributed by atoms with Crippen molar-refractivity contribution in [2.24, 2.45) is 4.40 Å². The number of ether oxygens (including phenoxy) is 1. The van der Waals surface area contributed by atoms with E-state index in [1.807, 2.05) is 32.9 Å². The molecule has 0 bridgehead atoms. The predicted molar refractivity (Wildman–Crippen MR) is 107 cm³/mol. The molecule has 1 aliphatic rings. The normalized spacial score (nSPS) is 15.0. The molecule has 3 aromatic rings. The second-order valence-electron chi connectivity index (χ2n) is 7.52. The molecule has 0 radical (unpaired) electrons. The minimum atomic E-state index is -1.47. The summed E-state index contributed by atoms with van der Waals surface area (Å²) in [5.41, 5.74) is 3.84. The van der Waals surface area contributed by atoms with Crippen LogP contribution in [0.2, 0.25) is 0 Å². The summed E-state index contributed by atoms with van der Waals surface area (Å²) in [6.45, 7) is 7.48. The highest BCUT2D eigenvalue weighted by Gasteiger charge is 2.28. The van der Waals surface area contributed by atoms with Crippen LogP contribution in [0.15, 0.2) is 34.9 Å². The first kappa shape index (κ1) is 18.8. The van der Waals surface area contributed by atoms with Crippen molar-refractivity contribution in [3.63, 3.8) is 0 Å². The van der Waals surface area contributed by atoms with E-state index in [0.29, 0.717) is 40.5 Å². The lowest BCUT2D eigenvalue weighted by atomic mass is 10.1. The average Bonchev–Trinajstić information content (AvgIpc) is 2.65. The van der Waals surface area contributed by atoms with Gasteiger partial charge < -0.3 is 9.29 Å². The van der Waals surface area contributed by atoms with E-state index in [4.69, 9.17) is 4.74 Å². The van der Waals surface area contributed by atoms with Crippen molar-refractivity contribution in [1.82, 2.24) is 15.0 Å². The maximum atomic E-state index is 14.3. The highest BCUT2D eigenvalue weighted by molar-refractivity contribution is 7.91. The number of hydrogen-bond donors (Lipinski definition) is 0. The molecule has 0 aliphatic carbocycles. The van der Waals surface area contributed by atoms with E-state index in [0.717, 1.165) is 11.3 Å². The maximum absolute atomic E-state index is 14.3. The van der Waals surface area contributed by atoms with Crippen molar-refractivity contribution >= 4 is 28.1 Å². The van der Waals surface area contributed by atoms with E-state index in [1.54, 1.807) is 13.1 Å². The minimum absolute atomic E-state index is 0.293. The third-order valence-corrected chi connectivity index (χ3v) is 5.81. The molecule has 1 unspecified atom stereocenters. The summed E-state index contributed by atoms with van der Waals surface area (Å²) in [4.78, 5) is 13.5. The van der Waals surface area contributed by atoms with Gasteiger partial charge in [0, 0.05) is 23.4 Å². The van der Waals surface area contributed by atoms with Crippen LogP contribution in [0.25, 0.3) is 22.3 Å².